The predicted octanol–water partition coefficient (Wildman–Crippen LogP) is -1.59. The first-order valence-corrected chi connectivity index (χ1v) is 4.33. The van der Waals surface area contributed by atoms with Crippen molar-refractivity contribution in [3.05, 3.63) is 0 Å². The largest absolute Gasteiger partial charge is 0.481 e. The van der Waals surface area contributed by atoms with E-state index in [0.717, 1.165) is 0 Å². The van der Waals surface area contributed by atoms with Gasteiger partial charge in [0.2, 0.25) is 0 Å². The van der Waals surface area contributed by atoms with Gasteiger partial charge >= 0.3 is 11.9 Å². The fraction of sp³-hybridized carbons (Fsp3) is 0.750. The lowest BCUT2D eigenvalue weighted by molar-refractivity contribution is -0.153. The molecular formula is C8H14O7. The fourth-order valence-electron chi connectivity index (χ4n) is 0.989. The van der Waals surface area contributed by atoms with Crippen LogP contribution in [0.4, 0.5) is 0 Å². The fourth-order valence-corrected chi connectivity index (χ4v) is 0.989. The quantitative estimate of drug-likeness (QED) is 0.350. The second kappa shape index (κ2) is 6.33. The van der Waals surface area contributed by atoms with Crippen molar-refractivity contribution in [1.29, 1.82) is 0 Å². The summed E-state index contributed by atoms with van der Waals surface area (Å²) in [6, 6.07) is 0. The molecule has 0 saturated carbocycles. The third-order valence-corrected chi connectivity index (χ3v) is 1.82. The molecule has 0 spiro atoms. The van der Waals surface area contributed by atoms with E-state index >= 15 is 0 Å². The van der Waals surface area contributed by atoms with Gasteiger partial charge in [-0.15, -0.1) is 0 Å². The Morgan fingerprint density at radius 2 is 1.53 bits per heavy atom. The summed E-state index contributed by atoms with van der Waals surface area (Å²) >= 11 is 0. The van der Waals surface area contributed by atoms with Gasteiger partial charge in [0.1, 0.15) is 0 Å². The van der Waals surface area contributed by atoms with Gasteiger partial charge in [-0.25, -0.2) is 4.79 Å². The maximum Gasteiger partial charge on any atom is 0.335 e. The molecule has 0 aliphatic heterocycles. The van der Waals surface area contributed by atoms with Crippen LogP contribution in [0, 0.1) is 0 Å². The van der Waals surface area contributed by atoms with Gasteiger partial charge in [0, 0.05) is 0 Å². The minimum atomic E-state index is -1.91. The highest BCUT2D eigenvalue weighted by Gasteiger charge is 2.24. The molecular weight excluding hydrogens is 208 g/mol. The van der Waals surface area contributed by atoms with Crippen LogP contribution in [-0.4, -0.2) is 55.8 Å². The Balaban J connectivity index is 3.84. The van der Waals surface area contributed by atoms with Crippen LogP contribution in [0.5, 0.6) is 0 Å². The summed E-state index contributed by atoms with van der Waals surface area (Å²) in [4.78, 5) is 20.3. The molecule has 0 fully saturated rings. The lowest BCUT2D eigenvalue weighted by Crippen LogP contribution is -2.34. The number of hydrogen-bond acceptors (Lipinski definition) is 5. The van der Waals surface area contributed by atoms with Crippen LogP contribution in [0.25, 0.3) is 0 Å². The molecule has 0 bridgehead atoms. The van der Waals surface area contributed by atoms with E-state index in [-0.39, 0.29) is 12.8 Å². The standard InChI is InChI=1S/C8H14O7/c9-4(3-6(11)12)1-2-5(10)7(13)8(14)15/h4-5,7,9-10,13H,1-3H2,(H,11,12)(H,14,15). The van der Waals surface area contributed by atoms with Crippen LogP contribution in [0.2, 0.25) is 0 Å². The second-order valence-electron chi connectivity index (χ2n) is 3.18. The summed E-state index contributed by atoms with van der Waals surface area (Å²) < 4.78 is 0. The SMILES string of the molecule is O=C(O)CC(O)CCC(O)C(O)C(=O)O. The Labute approximate surface area is 85.6 Å². The van der Waals surface area contributed by atoms with Crippen molar-refractivity contribution in [2.45, 2.75) is 37.6 Å². The molecule has 0 aliphatic carbocycles. The van der Waals surface area contributed by atoms with Crippen molar-refractivity contribution in [3.8, 4) is 0 Å². The van der Waals surface area contributed by atoms with E-state index in [9.17, 15) is 9.59 Å². The van der Waals surface area contributed by atoms with Crippen LogP contribution >= 0.6 is 0 Å². The normalized spacial score (nSPS) is 16.7. The van der Waals surface area contributed by atoms with Gasteiger partial charge in [-0.1, -0.05) is 0 Å². The van der Waals surface area contributed by atoms with Gasteiger partial charge in [0.15, 0.2) is 6.10 Å². The van der Waals surface area contributed by atoms with Crippen molar-refractivity contribution in [2.75, 3.05) is 0 Å². The third-order valence-electron chi connectivity index (χ3n) is 1.82. The molecule has 0 radical (unpaired) electrons. The Hall–Kier alpha value is -1.18. The first-order valence-electron chi connectivity index (χ1n) is 4.33. The van der Waals surface area contributed by atoms with Crippen molar-refractivity contribution in [1.82, 2.24) is 0 Å². The molecule has 3 unspecified atom stereocenters. The van der Waals surface area contributed by atoms with E-state index in [0.29, 0.717) is 0 Å². The first-order chi connectivity index (χ1) is 6.84. The average molecular weight is 222 g/mol. The number of carboxylic acids is 2. The Morgan fingerprint density at radius 1 is 1.00 bits per heavy atom. The highest BCUT2D eigenvalue weighted by molar-refractivity contribution is 5.72. The van der Waals surface area contributed by atoms with E-state index in [1.165, 1.54) is 0 Å². The third kappa shape index (κ3) is 6.00. The molecule has 88 valence electrons. The number of aliphatic carboxylic acids is 2. The van der Waals surface area contributed by atoms with Crippen molar-refractivity contribution in [2.24, 2.45) is 0 Å². The van der Waals surface area contributed by atoms with E-state index < -0.39 is 36.7 Å². The summed E-state index contributed by atoms with van der Waals surface area (Å²) in [5.74, 6) is -2.74. The summed E-state index contributed by atoms with van der Waals surface area (Å²) in [7, 11) is 0. The monoisotopic (exact) mass is 222 g/mol. The van der Waals surface area contributed by atoms with Gasteiger partial charge in [0.05, 0.1) is 18.6 Å². The van der Waals surface area contributed by atoms with Gasteiger partial charge in [-0.3, -0.25) is 4.79 Å². The second-order valence-corrected chi connectivity index (χ2v) is 3.18. The van der Waals surface area contributed by atoms with Gasteiger partial charge in [-0.2, -0.15) is 0 Å². The number of carbonyl (C=O) groups is 2. The number of aliphatic hydroxyl groups is 3. The summed E-state index contributed by atoms with van der Waals surface area (Å²) in [5, 5.41) is 43.6. The van der Waals surface area contributed by atoms with Crippen LogP contribution in [0.15, 0.2) is 0 Å². The zero-order chi connectivity index (χ0) is 12.0. The molecule has 7 nitrogen and oxygen atoms in total. The highest BCUT2D eigenvalue weighted by atomic mass is 16.4. The van der Waals surface area contributed by atoms with E-state index in [2.05, 4.69) is 0 Å². The molecule has 0 heterocycles. The Bertz CT molecular complexity index is 227. The molecule has 3 atom stereocenters. The lowest BCUT2D eigenvalue weighted by Gasteiger charge is -2.15. The maximum atomic E-state index is 10.2. The molecule has 0 aliphatic rings. The van der Waals surface area contributed by atoms with Crippen LogP contribution in [-0.2, 0) is 9.59 Å². The lowest BCUT2D eigenvalue weighted by atomic mass is 10.0. The topological polar surface area (TPSA) is 135 Å². The van der Waals surface area contributed by atoms with E-state index in [1.807, 2.05) is 0 Å². The predicted molar refractivity (Wildman–Crippen MR) is 47.1 cm³/mol. The highest BCUT2D eigenvalue weighted by Crippen LogP contribution is 2.08. The number of hydrogen-bond donors (Lipinski definition) is 5. The molecule has 5 N–H and O–H groups in total. The molecule has 0 aromatic rings. The molecule has 0 amide bonds. The molecule has 0 aromatic heterocycles. The van der Waals surface area contributed by atoms with Crippen molar-refractivity contribution < 1.29 is 35.1 Å². The number of carboxylic acid groups (broad SMARTS) is 2. The number of rotatable bonds is 7. The van der Waals surface area contributed by atoms with Crippen LogP contribution < -0.4 is 0 Å². The average Bonchev–Trinajstić information content (AvgIpc) is 2.11. The van der Waals surface area contributed by atoms with Crippen LogP contribution in [0.1, 0.15) is 19.3 Å². The van der Waals surface area contributed by atoms with E-state index in [1.54, 1.807) is 0 Å². The van der Waals surface area contributed by atoms with Gasteiger partial charge < -0.3 is 25.5 Å². The molecule has 0 aromatic carbocycles. The smallest absolute Gasteiger partial charge is 0.335 e. The van der Waals surface area contributed by atoms with Gasteiger partial charge in [0.25, 0.3) is 0 Å². The summed E-state index contributed by atoms with van der Waals surface area (Å²) in [6.45, 7) is 0. The van der Waals surface area contributed by atoms with Crippen molar-refractivity contribution in [3.63, 3.8) is 0 Å². The first kappa shape index (κ1) is 13.8. The van der Waals surface area contributed by atoms with Gasteiger partial charge in [-0.05, 0) is 12.8 Å². The van der Waals surface area contributed by atoms with E-state index in [4.69, 9.17) is 25.5 Å². The molecule has 15 heavy (non-hydrogen) atoms. The Kier molecular flexibility index (Phi) is 5.83. The van der Waals surface area contributed by atoms with Crippen molar-refractivity contribution >= 4 is 11.9 Å². The Morgan fingerprint density at radius 3 is 1.93 bits per heavy atom. The van der Waals surface area contributed by atoms with Crippen LogP contribution in [0.3, 0.4) is 0 Å². The molecule has 0 saturated heterocycles. The summed E-state index contributed by atoms with van der Waals surface area (Å²) in [6.07, 6.45) is -5.32. The minimum absolute atomic E-state index is 0.0855. The number of aliphatic hydroxyl groups excluding tert-OH is 3. The zero-order valence-electron chi connectivity index (χ0n) is 7.91. The molecule has 0 rings (SSSR count). The summed E-state index contributed by atoms with van der Waals surface area (Å²) in [5.41, 5.74) is 0. The zero-order valence-corrected chi connectivity index (χ0v) is 7.91. The minimum Gasteiger partial charge on any atom is -0.481 e. The maximum absolute atomic E-state index is 10.2. The molecule has 7 heteroatoms.